The second kappa shape index (κ2) is 6.18. The number of methoxy groups -OCH3 is 1. The molecule has 3 rings (SSSR count). The van der Waals surface area contributed by atoms with Crippen molar-refractivity contribution >= 4 is 44.5 Å². The fourth-order valence-corrected chi connectivity index (χ4v) is 3.38. The Morgan fingerprint density at radius 1 is 1.12 bits per heavy atom. The van der Waals surface area contributed by atoms with E-state index in [1.165, 1.54) is 7.11 Å². The van der Waals surface area contributed by atoms with Gasteiger partial charge in [0.15, 0.2) is 17.4 Å². The van der Waals surface area contributed by atoms with E-state index >= 15 is 0 Å². The molecule has 0 bridgehead atoms. The first-order chi connectivity index (χ1) is 11.8. The summed E-state index contributed by atoms with van der Waals surface area (Å²) in [6.07, 6.45) is 2.25. The highest BCUT2D eigenvalue weighted by Crippen LogP contribution is 2.24. The molecule has 1 unspecified atom stereocenters. The number of hydrogen-bond acceptors (Lipinski definition) is 8. The molecule has 0 aromatic rings. The summed E-state index contributed by atoms with van der Waals surface area (Å²) in [7, 11) is 2.21. The predicted octanol–water partition coefficient (Wildman–Crippen LogP) is -1.06. The number of fused-ring (bicyclic) bond motifs is 1. The fourth-order valence-electron chi connectivity index (χ4n) is 2.56. The Labute approximate surface area is 143 Å². The zero-order valence-electron chi connectivity index (χ0n) is 13.5. The van der Waals surface area contributed by atoms with Crippen molar-refractivity contribution in [2.24, 2.45) is 15.0 Å². The number of nitrogens with one attached hydrogen (secondary N) is 1. The summed E-state index contributed by atoms with van der Waals surface area (Å²) < 4.78 is 28.8. The molecule has 0 radical (unpaired) electrons. The van der Waals surface area contributed by atoms with Gasteiger partial charge in [-0.2, -0.15) is 13.4 Å². The van der Waals surface area contributed by atoms with E-state index < -0.39 is 28.3 Å². The van der Waals surface area contributed by atoms with Crippen LogP contribution in [0.2, 0.25) is 0 Å². The number of carbonyl (C=O) groups is 2. The van der Waals surface area contributed by atoms with Crippen molar-refractivity contribution in [2.75, 3.05) is 21.2 Å². The summed E-state index contributed by atoms with van der Waals surface area (Å²) in [5.41, 5.74) is 0.701. The van der Waals surface area contributed by atoms with E-state index in [-0.39, 0.29) is 22.2 Å². The topological polar surface area (TPSA) is 130 Å². The lowest BCUT2D eigenvalue weighted by atomic mass is 9.97. The fraction of sp³-hybridized carbons (Fsp3) is 0.286. The number of rotatable bonds is 3. The molecule has 25 heavy (non-hydrogen) atoms. The van der Waals surface area contributed by atoms with Gasteiger partial charge in [0.2, 0.25) is 10.3 Å². The standard InChI is InChI=1S/C14H13N5O5S/c1-19(2)7-5-4-6(9(24-3)10(7)25(22)23)11-15-8-12(16-11)17-14(21)18-13(8)20/h4-5,9H,1-3H3,(H,18,20,21). The van der Waals surface area contributed by atoms with Crippen LogP contribution < -0.4 is 5.32 Å². The van der Waals surface area contributed by atoms with Gasteiger partial charge in [0.05, 0.1) is 5.70 Å². The minimum absolute atomic E-state index is 0.0187. The van der Waals surface area contributed by atoms with Crippen LogP contribution in [0.3, 0.4) is 0 Å². The maximum Gasteiger partial charge on any atom is 0.350 e. The molecule has 10 nitrogen and oxygen atoms in total. The molecule has 2 heterocycles. The lowest BCUT2D eigenvalue weighted by molar-refractivity contribution is -0.113. The second-order valence-electron chi connectivity index (χ2n) is 5.37. The van der Waals surface area contributed by atoms with Crippen molar-refractivity contribution in [3.05, 3.63) is 23.4 Å². The summed E-state index contributed by atoms with van der Waals surface area (Å²) >= 11 is 0. The van der Waals surface area contributed by atoms with Crippen LogP contribution in [0.4, 0.5) is 4.79 Å². The molecular formula is C14H13N5O5S. The van der Waals surface area contributed by atoms with Crippen LogP contribution in [0.15, 0.2) is 38.4 Å². The molecule has 0 aromatic heterocycles. The van der Waals surface area contributed by atoms with E-state index in [0.29, 0.717) is 11.3 Å². The first-order valence-electron chi connectivity index (χ1n) is 7.04. The van der Waals surface area contributed by atoms with Gasteiger partial charge in [-0.05, 0) is 6.08 Å². The van der Waals surface area contributed by atoms with E-state index in [4.69, 9.17) is 4.74 Å². The number of allylic oxidation sites excluding steroid dienone is 2. The first-order valence-corrected chi connectivity index (χ1v) is 8.11. The van der Waals surface area contributed by atoms with E-state index in [1.807, 2.05) is 5.32 Å². The molecular weight excluding hydrogens is 350 g/mol. The van der Waals surface area contributed by atoms with Gasteiger partial charge in [-0.25, -0.2) is 14.8 Å². The van der Waals surface area contributed by atoms with Crippen LogP contribution in [0.5, 0.6) is 0 Å². The molecule has 3 amide bonds. The SMILES string of the molecule is COC1C(C2=NC3=NC(=O)NC(=O)C3=N2)=CC=C(N(C)C)C1=S(=O)=O. The molecule has 0 saturated heterocycles. The lowest BCUT2D eigenvalue weighted by Crippen LogP contribution is -2.41. The van der Waals surface area contributed by atoms with Gasteiger partial charge in [0, 0.05) is 26.8 Å². The van der Waals surface area contributed by atoms with Crippen molar-refractivity contribution < 1.29 is 22.7 Å². The number of hydrogen-bond donors (Lipinski definition) is 1. The van der Waals surface area contributed by atoms with Gasteiger partial charge in [-0.1, -0.05) is 6.08 Å². The van der Waals surface area contributed by atoms with Gasteiger partial charge in [0.1, 0.15) is 11.0 Å². The molecule has 1 atom stereocenters. The molecule has 2 aliphatic heterocycles. The minimum atomic E-state index is -2.55. The van der Waals surface area contributed by atoms with Gasteiger partial charge < -0.3 is 9.64 Å². The van der Waals surface area contributed by atoms with E-state index in [2.05, 4.69) is 15.0 Å². The number of aliphatic imine (C=N–C) groups is 3. The molecule has 1 aliphatic carbocycles. The zero-order chi connectivity index (χ0) is 18.3. The van der Waals surface area contributed by atoms with Gasteiger partial charge in [0.25, 0.3) is 5.91 Å². The van der Waals surface area contributed by atoms with Crippen molar-refractivity contribution in [1.29, 1.82) is 0 Å². The average Bonchev–Trinajstić information content (AvgIpc) is 2.97. The predicted molar refractivity (Wildman–Crippen MR) is 90.4 cm³/mol. The number of amides is 3. The smallest absolute Gasteiger partial charge is 0.350 e. The maximum atomic E-state index is 11.8. The molecule has 11 heteroatoms. The highest BCUT2D eigenvalue weighted by Gasteiger charge is 2.37. The lowest BCUT2D eigenvalue weighted by Gasteiger charge is -2.27. The van der Waals surface area contributed by atoms with E-state index in [9.17, 15) is 18.0 Å². The summed E-state index contributed by atoms with van der Waals surface area (Å²) in [6.45, 7) is 0. The van der Waals surface area contributed by atoms with E-state index in [0.717, 1.165) is 0 Å². The van der Waals surface area contributed by atoms with Crippen molar-refractivity contribution in [1.82, 2.24) is 10.2 Å². The highest BCUT2D eigenvalue weighted by molar-refractivity contribution is 7.73. The molecule has 3 aliphatic rings. The Hall–Kier alpha value is -2.92. The third-order valence-corrected chi connectivity index (χ3v) is 4.42. The number of nitrogens with zero attached hydrogens (tertiary/aromatic N) is 4. The minimum Gasteiger partial charge on any atom is -0.377 e. The number of imide groups is 1. The summed E-state index contributed by atoms with van der Waals surface area (Å²) in [4.78, 5) is 36.5. The second-order valence-corrected chi connectivity index (χ2v) is 6.28. The Morgan fingerprint density at radius 3 is 2.44 bits per heavy atom. The first kappa shape index (κ1) is 16.9. The van der Waals surface area contributed by atoms with Crippen molar-refractivity contribution in [2.45, 2.75) is 6.10 Å². The van der Waals surface area contributed by atoms with Crippen molar-refractivity contribution in [3.63, 3.8) is 0 Å². The number of amidine groups is 2. The number of carbonyl (C=O) groups excluding carboxylic acids is 2. The van der Waals surface area contributed by atoms with E-state index in [1.54, 1.807) is 31.1 Å². The van der Waals surface area contributed by atoms with Crippen LogP contribution in [0.1, 0.15) is 0 Å². The van der Waals surface area contributed by atoms with Crippen LogP contribution >= 0.6 is 0 Å². The molecule has 0 aromatic carbocycles. The molecule has 0 fully saturated rings. The Morgan fingerprint density at radius 2 is 1.84 bits per heavy atom. The quantitative estimate of drug-likeness (QED) is 0.636. The van der Waals surface area contributed by atoms with Crippen LogP contribution in [-0.4, -0.2) is 74.8 Å². The third-order valence-electron chi connectivity index (χ3n) is 3.63. The molecule has 0 spiro atoms. The third kappa shape index (κ3) is 2.83. The zero-order valence-corrected chi connectivity index (χ0v) is 14.3. The Bertz CT molecular complexity index is 973. The summed E-state index contributed by atoms with van der Waals surface area (Å²) in [5, 5.41) is 2.01. The molecule has 1 N–H and O–H groups in total. The van der Waals surface area contributed by atoms with Crippen LogP contribution in [0.25, 0.3) is 0 Å². The molecule has 0 saturated carbocycles. The largest absolute Gasteiger partial charge is 0.377 e. The highest BCUT2D eigenvalue weighted by atomic mass is 32.2. The monoisotopic (exact) mass is 363 g/mol. The number of urea groups is 1. The number of ether oxygens (including phenoxy) is 1. The summed E-state index contributed by atoms with van der Waals surface area (Å²) in [5.74, 6) is -0.741. The van der Waals surface area contributed by atoms with Crippen molar-refractivity contribution in [3.8, 4) is 0 Å². The van der Waals surface area contributed by atoms with Gasteiger partial charge in [-0.15, -0.1) is 0 Å². The normalized spacial score (nSPS) is 22.3. The summed E-state index contributed by atoms with van der Waals surface area (Å²) in [6, 6.07) is -0.826. The maximum absolute atomic E-state index is 11.8. The van der Waals surface area contributed by atoms with Gasteiger partial charge in [-0.3, -0.25) is 10.1 Å². The molecule has 130 valence electrons. The average molecular weight is 363 g/mol. The van der Waals surface area contributed by atoms with Crippen LogP contribution in [-0.2, 0) is 19.8 Å². The van der Waals surface area contributed by atoms with Crippen LogP contribution in [0, 0.1) is 0 Å². The van der Waals surface area contributed by atoms with Gasteiger partial charge >= 0.3 is 6.03 Å². The Kier molecular flexibility index (Phi) is 4.18. The Balaban J connectivity index is 2.14.